The Bertz CT molecular complexity index is 445. The molecule has 0 aliphatic heterocycles. The third-order valence-electron chi connectivity index (χ3n) is 3.76. The molecule has 0 spiro atoms. The van der Waals surface area contributed by atoms with Crippen LogP contribution in [0.15, 0.2) is 0 Å². The van der Waals surface area contributed by atoms with Crippen molar-refractivity contribution in [1.82, 2.24) is 4.98 Å². The van der Waals surface area contributed by atoms with Gasteiger partial charge in [0.15, 0.2) is 10.8 Å². The summed E-state index contributed by atoms with van der Waals surface area (Å²) in [6.07, 6.45) is 6.24. The van der Waals surface area contributed by atoms with Crippen LogP contribution in [0.4, 0.5) is 5.13 Å². The van der Waals surface area contributed by atoms with Crippen molar-refractivity contribution in [3.05, 3.63) is 10.6 Å². The molecule has 0 amide bonds. The highest BCUT2D eigenvalue weighted by Crippen LogP contribution is 2.28. The molecule has 1 aromatic rings. The summed E-state index contributed by atoms with van der Waals surface area (Å²) in [6.45, 7) is 4.23. The smallest absolute Gasteiger partial charge is 0.357 e. The number of aryl methyl sites for hydroxylation is 1. The van der Waals surface area contributed by atoms with E-state index in [4.69, 9.17) is 4.74 Å². The van der Waals surface area contributed by atoms with Gasteiger partial charge in [-0.1, -0.05) is 19.8 Å². The van der Waals surface area contributed by atoms with E-state index in [1.165, 1.54) is 50.6 Å². The number of anilines is 1. The molecule has 0 bridgehead atoms. The number of thiazole rings is 1. The summed E-state index contributed by atoms with van der Waals surface area (Å²) in [4.78, 5) is 16.8. The van der Waals surface area contributed by atoms with Crippen molar-refractivity contribution in [1.29, 1.82) is 0 Å². The molecule has 0 aromatic carbocycles. The highest BCUT2D eigenvalue weighted by molar-refractivity contribution is 7.15. The minimum absolute atomic E-state index is 0.351. The average molecular weight is 282 g/mol. The van der Waals surface area contributed by atoms with Crippen molar-refractivity contribution in [3.8, 4) is 0 Å². The Morgan fingerprint density at radius 3 is 2.89 bits per heavy atom. The zero-order chi connectivity index (χ0) is 13.8. The lowest BCUT2D eigenvalue weighted by Gasteiger charge is -2.15. The van der Waals surface area contributed by atoms with Crippen molar-refractivity contribution in [2.45, 2.75) is 52.0 Å². The lowest BCUT2D eigenvalue weighted by atomic mass is 10.0. The van der Waals surface area contributed by atoms with Crippen LogP contribution in [0, 0.1) is 12.8 Å². The summed E-state index contributed by atoms with van der Waals surface area (Å²) in [5.74, 6) is 0.478. The Morgan fingerprint density at radius 1 is 1.37 bits per heavy atom. The second-order valence-corrected chi connectivity index (χ2v) is 6.57. The molecular weight excluding hydrogens is 260 g/mol. The van der Waals surface area contributed by atoms with Crippen LogP contribution in [0.3, 0.4) is 0 Å². The van der Waals surface area contributed by atoms with Crippen LogP contribution >= 0.6 is 11.3 Å². The quantitative estimate of drug-likeness (QED) is 0.679. The predicted molar refractivity (Wildman–Crippen MR) is 77.9 cm³/mol. The fourth-order valence-corrected chi connectivity index (χ4v) is 3.43. The fourth-order valence-electron chi connectivity index (χ4n) is 2.55. The lowest BCUT2D eigenvalue weighted by Crippen LogP contribution is -2.18. The van der Waals surface area contributed by atoms with E-state index in [0.29, 0.717) is 11.7 Å². The summed E-state index contributed by atoms with van der Waals surface area (Å²) < 4.78 is 4.73. The van der Waals surface area contributed by atoms with E-state index in [1.807, 2.05) is 6.92 Å². The van der Waals surface area contributed by atoms with E-state index in [0.717, 1.165) is 15.9 Å². The number of carbonyl (C=O) groups is 1. The van der Waals surface area contributed by atoms with E-state index >= 15 is 0 Å². The van der Waals surface area contributed by atoms with Crippen molar-refractivity contribution >= 4 is 22.4 Å². The number of methoxy groups -OCH3 is 1. The van der Waals surface area contributed by atoms with Crippen LogP contribution in [0.5, 0.6) is 0 Å². The minimum Gasteiger partial charge on any atom is -0.464 e. The van der Waals surface area contributed by atoms with Gasteiger partial charge < -0.3 is 10.1 Å². The van der Waals surface area contributed by atoms with Gasteiger partial charge in [0.05, 0.1) is 7.11 Å². The number of nitrogens with one attached hydrogen (secondary N) is 1. The number of rotatable bonds is 3. The molecule has 0 saturated heterocycles. The van der Waals surface area contributed by atoms with Gasteiger partial charge in [-0.25, -0.2) is 9.78 Å². The number of ether oxygens (including phenoxy) is 1. The number of aromatic nitrogens is 1. The molecule has 19 heavy (non-hydrogen) atoms. The fraction of sp³-hybridized carbons (Fsp3) is 0.714. The molecule has 1 fully saturated rings. The van der Waals surface area contributed by atoms with Crippen molar-refractivity contribution in [2.24, 2.45) is 5.92 Å². The van der Waals surface area contributed by atoms with Crippen LogP contribution in [-0.4, -0.2) is 24.1 Å². The number of hydrogen-bond donors (Lipinski definition) is 1. The van der Waals surface area contributed by atoms with Gasteiger partial charge in [0.2, 0.25) is 0 Å². The molecule has 1 N–H and O–H groups in total. The first-order valence-corrected chi connectivity index (χ1v) is 7.74. The van der Waals surface area contributed by atoms with Gasteiger partial charge in [0.25, 0.3) is 0 Å². The minimum atomic E-state index is -0.351. The molecule has 1 aromatic heterocycles. The van der Waals surface area contributed by atoms with E-state index in [2.05, 4.69) is 17.2 Å². The Labute approximate surface area is 118 Å². The SMILES string of the molecule is COC(=O)c1nc(NC2CCCC(C)CC2)sc1C. The average Bonchev–Trinajstić information content (AvgIpc) is 2.62. The Morgan fingerprint density at radius 2 is 2.16 bits per heavy atom. The molecule has 0 radical (unpaired) electrons. The van der Waals surface area contributed by atoms with Crippen LogP contribution in [-0.2, 0) is 4.74 Å². The van der Waals surface area contributed by atoms with Crippen LogP contribution in [0.25, 0.3) is 0 Å². The second-order valence-electron chi connectivity index (χ2n) is 5.37. The van der Waals surface area contributed by atoms with Gasteiger partial charge in [-0.15, -0.1) is 11.3 Å². The van der Waals surface area contributed by atoms with Crippen molar-refractivity contribution in [2.75, 3.05) is 12.4 Å². The summed E-state index contributed by atoms with van der Waals surface area (Å²) >= 11 is 1.54. The Kier molecular flexibility index (Phi) is 4.80. The Balaban J connectivity index is 2.01. The maximum absolute atomic E-state index is 11.5. The van der Waals surface area contributed by atoms with Gasteiger partial charge in [-0.05, 0) is 32.1 Å². The topological polar surface area (TPSA) is 51.2 Å². The first kappa shape index (κ1) is 14.3. The monoisotopic (exact) mass is 282 g/mol. The molecule has 1 heterocycles. The molecule has 2 atom stereocenters. The number of carbonyl (C=O) groups excluding carboxylic acids is 1. The predicted octanol–water partition coefficient (Wildman–Crippen LogP) is 3.62. The lowest BCUT2D eigenvalue weighted by molar-refractivity contribution is 0.0594. The summed E-state index contributed by atoms with van der Waals surface area (Å²) in [5, 5.41) is 4.33. The maximum atomic E-state index is 11.5. The van der Waals surface area contributed by atoms with Gasteiger partial charge in [0, 0.05) is 10.9 Å². The zero-order valence-electron chi connectivity index (χ0n) is 11.9. The normalized spacial score (nSPS) is 23.7. The van der Waals surface area contributed by atoms with E-state index in [-0.39, 0.29) is 5.97 Å². The molecule has 1 saturated carbocycles. The second kappa shape index (κ2) is 6.37. The van der Waals surface area contributed by atoms with Gasteiger partial charge in [-0.3, -0.25) is 0 Å². The van der Waals surface area contributed by atoms with Gasteiger partial charge >= 0.3 is 5.97 Å². The molecule has 106 valence electrons. The molecule has 1 aliphatic carbocycles. The third-order valence-corrected chi connectivity index (χ3v) is 4.66. The highest BCUT2D eigenvalue weighted by atomic mass is 32.1. The maximum Gasteiger partial charge on any atom is 0.357 e. The van der Waals surface area contributed by atoms with E-state index in [9.17, 15) is 4.79 Å². The molecule has 4 nitrogen and oxygen atoms in total. The largest absolute Gasteiger partial charge is 0.464 e. The number of esters is 1. The first-order valence-electron chi connectivity index (χ1n) is 6.92. The summed E-state index contributed by atoms with van der Waals surface area (Å²) in [7, 11) is 1.39. The van der Waals surface area contributed by atoms with Gasteiger partial charge in [0.1, 0.15) is 0 Å². The molecule has 5 heteroatoms. The van der Waals surface area contributed by atoms with Crippen LogP contribution in [0.1, 0.15) is 54.4 Å². The van der Waals surface area contributed by atoms with Crippen LogP contribution in [0.2, 0.25) is 0 Å². The highest BCUT2D eigenvalue weighted by Gasteiger charge is 2.20. The molecule has 2 unspecified atom stereocenters. The molecule has 1 aliphatic rings. The molecular formula is C14H22N2O2S. The van der Waals surface area contributed by atoms with Gasteiger partial charge in [-0.2, -0.15) is 0 Å². The van der Waals surface area contributed by atoms with Crippen molar-refractivity contribution in [3.63, 3.8) is 0 Å². The summed E-state index contributed by atoms with van der Waals surface area (Å²) in [5.41, 5.74) is 0.442. The van der Waals surface area contributed by atoms with Crippen molar-refractivity contribution < 1.29 is 9.53 Å². The summed E-state index contributed by atoms with van der Waals surface area (Å²) in [6, 6.07) is 0.487. The number of hydrogen-bond acceptors (Lipinski definition) is 5. The Hall–Kier alpha value is -1.10. The standard InChI is InChI=1S/C14H22N2O2S/c1-9-5-4-6-11(8-7-9)15-14-16-12(10(2)19-14)13(17)18-3/h9,11H,4-8H2,1-3H3,(H,15,16). The van der Waals surface area contributed by atoms with E-state index in [1.54, 1.807) is 0 Å². The van der Waals surface area contributed by atoms with E-state index < -0.39 is 0 Å². The third kappa shape index (κ3) is 3.69. The van der Waals surface area contributed by atoms with Crippen LogP contribution < -0.4 is 5.32 Å². The first-order chi connectivity index (χ1) is 9.10. The molecule has 2 rings (SSSR count). The zero-order valence-corrected chi connectivity index (χ0v) is 12.7. The number of nitrogens with zero attached hydrogens (tertiary/aromatic N) is 1.